The number of nitrogens with zero attached hydrogens (tertiary/aromatic N) is 2. The fourth-order valence-corrected chi connectivity index (χ4v) is 4.30. The van der Waals surface area contributed by atoms with Crippen LogP contribution in [0.3, 0.4) is 0 Å². The maximum absolute atomic E-state index is 12.8. The van der Waals surface area contributed by atoms with E-state index < -0.39 is 0 Å². The van der Waals surface area contributed by atoms with Crippen molar-refractivity contribution in [3.05, 3.63) is 73.7 Å². The van der Waals surface area contributed by atoms with Crippen molar-refractivity contribution in [1.82, 2.24) is 9.88 Å². The lowest BCUT2D eigenvalue weighted by Gasteiger charge is -2.19. The number of benzene rings is 2. The molecule has 1 N–H and O–H groups in total. The van der Waals surface area contributed by atoms with Gasteiger partial charge in [0.1, 0.15) is 22.2 Å². The third kappa shape index (κ3) is 5.79. The second-order valence-electron chi connectivity index (χ2n) is 6.89. The lowest BCUT2D eigenvalue weighted by molar-refractivity contribution is 0.0773. The zero-order chi connectivity index (χ0) is 23.3. The molecule has 0 saturated heterocycles. The molecule has 3 aromatic rings. The Morgan fingerprint density at radius 2 is 1.78 bits per heavy atom. The van der Waals surface area contributed by atoms with Gasteiger partial charge in [-0.3, -0.25) is 9.59 Å². The number of halogens is 2. The quantitative estimate of drug-likeness (QED) is 0.414. The minimum Gasteiger partial charge on any atom is -0.486 e. The van der Waals surface area contributed by atoms with E-state index >= 15 is 0 Å². The number of nitrogens with one attached hydrogen (secondary N) is 1. The van der Waals surface area contributed by atoms with Crippen LogP contribution in [0.1, 0.15) is 44.6 Å². The molecule has 1 aromatic heterocycles. The molecule has 3 rings (SSSR count). The SMILES string of the molecule is CCN(CC)C(=O)c1ccc(NC(=O)c2sc(COc3ccc(Cl)cc3)nc2C)cc1Cl. The molecule has 168 valence electrons. The predicted molar refractivity (Wildman–Crippen MR) is 129 cm³/mol. The summed E-state index contributed by atoms with van der Waals surface area (Å²) < 4.78 is 5.71. The van der Waals surface area contributed by atoms with E-state index in [1.165, 1.54) is 11.3 Å². The average Bonchev–Trinajstić information content (AvgIpc) is 3.15. The molecule has 0 saturated carbocycles. The highest BCUT2D eigenvalue weighted by Crippen LogP contribution is 2.25. The summed E-state index contributed by atoms with van der Waals surface area (Å²) in [6.07, 6.45) is 0. The van der Waals surface area contributed by atoms with Gasteiger partial charge in [0, 0.05) is 23.8 Å². The number of anilines is 1. The summed E-state index contributed by atoms with van der Waals surface area (Å²) in [6, 6.07) is 11.9. The van der Waals surface area contributed by atoms with Crippen molar-refractivity contribution in [1.29, 1.82) is 0 Å². The largest absolute Gasteiger partial charge is 0.486 e. The number of rotatable bonds is 8. The molecule has 9 heteroatoms. The number of amides is 2. The second kappa shape index (κ2) is 10.8. The maximum Gasteiger partial charge on any atom is 0.267 e. The smallest absolute Gasteiger partial charge is 0.267 e. The van der Waals surface area contributed by atoms with E-state index in [0.29, 0.717) is 50.7 Å². The zero-order valence-electron chi connectivity index (χ0n) is 17.9. The first kappa shape index (κ1) is 24.0. The van der Waals surface area contributed by atoms with Gasteiger partial charge in [0.15, 0.2) is 0 Å². The minimum absolute atomic E-state index is 0.137. The fourth-order valence-electron chi connectivity index (χ4n) is 3.04. The van der Waals surface area contributed by atoms with Crippen molar-refractivity contribution in [2.45, 2.75) is 27.4 Å². The Morgan fingerprint density at radius 1 is 1.09 bits per heavy atom. The molecule has 2 amide bonds. The molecule has 0 aliphatic heterocycles. The summed E-state index contributed by atoms with van der Waals surface area (Å²) in [5.41, 5.74) is 1.52. The van der Waals surface area contributed by atoms with Gasteiger partial charge in [-0.25, -0.2) is 4.98 Å². The monoisotopic (exact) mass is 491 g/mol. The van der Waals surface area contributed by atoms with Crippen molar-refractivity contribution >= 4 is 52.0 Å². The first-order chi connectivity index (χ1) is 15.3. The summed E-state index contributed by atoms with van der Waals surface area (Å²) in [7, 11) is 0. The van der Waals surface area contributed by atoms with Gasteiger partial charge in [-0.2, -0.15) is 0 Å². The van der Waals surface area contributed by atoms with Crippen LogP contribution in [-0.4, -0.2) is 34.8 Å². The van der Waals surface area contributed by atoms with Crippen LogP contribution >= 0.6 is 34.5 Å². The molecule has 0 aliphatic rings. The molecule has 0 radical (unpaired) electrons. The van der Waals surface area contributed by atoms with E-state index in [2.05, 4.69) is 10.3 Å². The van der Waals surface area contributed by atoms with E-state index in [0.717, 1.165) is 0 Å². The van der Waals surface area contributed by atoms with E-state index in [1.54, 1.807) is 54.3 Å². The van der Waals surface area contributed by atoms with Crippen LogP contribution in [0, 0.1) is 6.92 Å². The van der Waals surface area contributed by atoms with Crippen molar-refractivity contribution < 1.29 is 14.3 Å². The van der Waals surface area contributed by atoms with Crippen LogP contribution in [0.5, 0.6) is 5.75 Å². The molecule has 0 bridgehead atoms. The highest BCUT2D eigenvalue weighted by molar-refractivity contribution is 7.13. The van der Waals surface area contributed by atoms with Gasteiger partial charge >= 0.3 is 0 Å². The van der Waals surface area contributed by atoms with Crippen LogP contribution in [0.15, 0.2) is 42.5 Å². The molecule has 0 atom stereocenters. The second-order valence-corrected chi connectivity index (χ2v) is 8.82. The van der Waals surface area contributed by atoms with Crippen LogP contribution in [0.4, 0.5) is 5.69 Å². The summed E-state index contributed by atoms with van der Waals surface area (Å²) in [5, 5.41) is 4.43. The van der Waals surface area contributed by atoms with Gasteiger partial charge in [-0.1, -0.05) is 23.2 Å². The Bertz CT molecular complexity index is 1110. The standard InChI is InChI=1S/C23H23Cl2N3O3S/c1-4-28(5-2)23(30)18-11-8-16(12-19(18)25)27-22(29)21-14(3)26-20(32-21)13-31-17-9-6-15(24)7-10-17/h6-12H,4-5,13H2,1-3H3,(H,27,29). The highest BCUT2D eigenvalue weighted by Gasteiger charge is 2.19. The lowest BCUT2D eigenvalue weighted by Crippen LogP contribution is -2.30. The van der Waals surface area contributed by atoms with Gasteiger partial charge in [0.2, 0.25) is 0 Å². The summed E-state index contributed by atoms with van der Waals surface area (Å²) in [4.78, 5) is 31.9. The maximum atomic E-state index is 12.8. The van der Waals surface area contributed by atoms with Crippen molar-refractivity contribution in [3.8, 4) is 5.75 Å². The number of hydrogen-bond donors (Lipinski definition) is 1. The van der Waals surface area contributed by atoms with Crippen molar-refractivity contribution in [3.63, 3.8) is 0 Å². The van der Waals surface area contributed by atoms with E-state index in [9.17, 15) is 9.59 Å². The highest BCUT2D eigenvalue weighted by atomic mass is 35.5. The predicted octanol–water partition coefficient (Wildman–Crippen LogP) is 6.07. The molecular formula is C23H23Cl2N3O3S. The van der Waals surface area contributed by atoms with Gasteiger partial charge in [0.05, 0.1) is 16.3 Å². The number of thiazole rings is 1. The Morgan fingerprint density at radius 3 is 2.41 bits per heavy atom. The van der Waals surface area contributed by atoms with Gasteiger partial charge in [-0.05, 0) is 63.2 Å². The Balaban J connectivity index is 1.67. The third-order valence-corrected chi connectivity index (χ3v) is 6.43. The molecular weight excluding hydrogens is 469 g/mol. The Labute approximate surface area is 201 Å². The minimum atomic E-state index is -0.295. The van der Waals surface area contributed by atoms with E-state index in [-0.39, 0.29) is 23.4 Å². The summed E-state index contributed by atoms with van der Waals surface area (Å²) in [5.74, 6) is 0.236. The molecule has 2 aromatic carbocycles. The number of aryl methyl sites for hydroxylation is 1. The number of carbonyl (C=O) groups is 2. The number of ether oxygens (including phenoxy) is 1. The summed E-state index contributed by atoms with van der Waals surface area (Å²) >= 11 is 13.5. The third-order valence-electron chi connectivity index (χ3n) is 4.73. The Hall–Kier alpha value is -2.61. The summed E-state index contributed by atoms with van der Waals surface area (Å²) in [6.45, 7) is 7.04. The number of aromatic nitrogens is 1. The molecule has 0 spiro atoms. The Kier molecular flexibility index (Phi) is 8.12. The average molecular weight is 492 g/mol. The number of carbonyl (C=O) groups excluding carboxylic acids is 2. The first-order valence-electron chi connectivity index (χ1n) is 10.1. The lowest BCUT2D eigenvalue weighted by atomic mass is 10.1. The van der Waals surface area contributed by atoms with Crippen LogP contribution in [0.2, 0.25) is 10.0 Å². The molecule has 6 nitrogen and oxygen atoms in total. The van der Waals surface area contributed by atoms with Gasteiger partial charge in [-0.15, -0.1) is 11.3 Å². The van der Waals surface area contributed by atoms with Crippen LogP contribution in [-0.2, 0) is 6.61 Å². The first-order valence-corrected chi connectivity index (χ1v) is 11.6. The fraction of sp³-hybridized carbons (Fsp3) is 0.261. The van der Waals surface area contributed by atoms with Crippen molar-refractivity contribution in [2.24, 2.45) is 0 Å². The van der Waals surface area contributed by atoms with E-state index in [4.69, 9.17) is 27.9 Å². The van der Waals surface area contributed by atoms with Crippen molar-refractivity contribution in [2.75, 3.05) is 18.4 Å². The van der Waals surface area contributed by atoms with E-state index in [1.807, 2.05) is 13.8 Å². The van der Waals surface area contributed by atoms with Gasteiger partial charge in [0.25, 0.3) is 11.8 Å². The molecule has 0 unspecified atom stereocenters. The zero-order valence-corrected chi connectivity index (χ0v) is 20.3. The molecule has 1 heterocycles. The molecule has 32 heavy (non-hydrogen) atoms. The molecule has 0 fully saturated rings. The molecule has 0 aliphatic carbocycles. The van der Waals surface area contributed by atoms with Crippen LogP contribution < -0.4 is 10.1 Å². The number of hydrogen-bond acceptors (Lipinski definition) is 5. The normalized spacial score (nSPS) is 10.7. The van der Waals surface area contributed by atoms with Gasteiger partial charge < -0.3 is 15.0 Å². The van der Waals surface area contributed by atoms with Crippen LogP contribution in [0.25, 0.3) is 0 Å². The topological polar surface area (TPSA) is 71.5 Å².